The lowest BCUT2D eigenvalue weighted by atomic mass is 10.0. The molecule has 10 heteroatoms. The van der Waals surface area contributed by atoms with E-state index in [1.165, 1.54) is 24.3 Å². The number of alkyl halides is 2. The van der Waals surface area contributed by atoms with E-state index in [1.54, 1.807) is 0 Å². The number of nitrogens with zero attached hydrogens (tertiary/aromatic N) is 1. The van der Waals surface area contributed by atoms with E-state index in [9.17, 15) is 27.6 Å². The topological polar surface area (TPSA) is 78.5 Å². The first-order valence-corrected chi connectivity index (χ1v) is 9.98. The van der Waals surface area contributed by atoms with Crippen LogP contribution >= 0.6 is 0 Å². The number of benzene rings is 2. The van der Waals surface area contributed by atoms with Crippen LogP contribution in [0, 0.1) is 11.6 Å². The van der Waals surface area contributed by atoms with Crippen molar-refractivity contribution in [1.82, 2.24) is 15.5 Å². The Morgan fingerprint density at radius 2 is 1.81 bits per heavy atom. The van der Waals surface area contributed by atoms with E-state index >= 15 is 4.39 Å². The zero-order chi connectivity index (χ0) is 23.0. The number of carbonyl (C=O) groups excluding carboxylic acids is 3. The number of rotatable bonds is 6. The van der Waals surface area contributed by atoms with Crippen LogP contribution in [0.3, 0.4) is 0 Å². The molecule has 0 aliphatic carbocycles. The molecule has 2 aliphatic rings. The summed E-state index contributed by atoms with van der Waals surface area (Å²) in [5, 5.41) is 5.02. The molecule has 0 radical (unpaired) electrons. The van der Waals surface area contributed by atoms with Crippen LogP contribution in [-0.2, 0) is 29.2 Å². The third-order valence-corrected chi connectivity index (χ3v) is 5.68. The van der Waals surface area contributed by atoms with E-state index in [0.29, 0.717) is 5.56 Å². The lowest BCUT2D eigenvalue weighted by molar-refractivity contribution is -0.136. The largest absolute Gasteiger partial charge is 0.322 e. The van der Waals surface area contributed by atoms with Gasteiger partial charge in [-0.25, -0.2) is 17.6 Å². The number of hydrogen-bond donors (Lipinski definition) is 2. The fraction of sp³-hybridized carbons (Fsp3) is 0.318. The number of hydrogen-bond acceptors (Lipinski definition) is 4. The Labute approximate surface area is 180 Å². The Hall–Kier alpha value is -3.27. The van der Waals surface area contributed by atoms with Crippen LogP contribution in [0.5, 0.6) is 0 Å². The van der Waals surface area contributed by atoms with Crippen LogP contribution in [0.25, 0.3) is 0 Å². The molecule has 1 unspecified atom stereocenters. The number of amides is 3. The Kier molecular flexibility index (Phi) is 5.96. The molecule has 0 aromatic heterocycles. The molecule has 2 heterocycles. The van der Waals surface area contributed by atoms with Crippen LogP contribution in [0.1, 0.15) is 51.9 Å². The van der Waals surface area contributed by atoms with Crippen LogP contribution in [-0.4, -0.2) is 28.7 Å². The summed E-state index contributed by atoms with van der Waals surface area (Å²) in [5.41, 5.74) is 0.145. The number of imide groups is 1. The maximum absolute atomic E-state index is 15.1. The van der Waals surface area contributed by atoms with Crippen molar-refractivity contribution < 1.29 is 31.9 Å². The predicted molar refractivity (Wildman–Crippen MR) is 104 cm³/mol. The second kappa shape index (κ2) is 8.70. The average Bonchev–Trinajstić information content (AvgIpc) is 3.07. The van der Waals surface area contributed by atoms with Gasteiger partial charge in [-0.3, -0.25) is 19.7 Å². The van der Waals surface area contributed by atoms with Crippen molar-refractivity contribution in [3.05, 3.63) is 69.8 Å². The first kappa shape index (κ1) is 21.9. The van der Waals surface area contributed by atoms with Gasteiger partial charge in [0.05, 0.1) is 12.1 Å². The minimum Gasteiger partial charge on any atom is -0.322 e. The number of fused-ring (bicyclic) bond motifs is 1. The maximum atomic E-state index is 15.1. The molecular weight excluding hydrogens is 430 g/mol. The maximum Gasteiger partial charge on any atom is 0.263 e. The van der Waals surface area contributed by atoms with Crippen molar-refractivity contribution in [3.63, 3.8) is 0 Å². The lowest BCUT2D eigenvalue weighted by Gasteiger charge is -2.29. The summed E-state index contributed by atoms with van der Waals surface area (Å²) in [5.74, 6) is -3.51. The van der Waals surface area contributed by atoms with E-state index in [1.807, 2.05) is 0 Å². The molecule has 6 nitrogen and oxygen atoms in total. The standard InChI is InChI=1S/C22H19F4N3O3/c23-16-7-13-15(10-29(22(13)32)17-5-6-18(30)28-21(17)31)19(24)14(16)9-27-8-11-1-3-12(4-2-11)20(25)26/h1-4,7,17,20,27H,5-6,8-10H2,(H,28,30,31). The molecule has 0 saturated carbocycles. The summed E-state index contributed by atoms with van der Waals surface area (Å²) < 4.78 is 54.9. The van der Waals surface area contributed by atoms with Gasteiger partial charge < -0.3 is 10.2 Å². The van der Waals surface area contributed by atoms with Crippen LogP contribution < -0.4 is 10.6 Å². The number of halogens is 4. The summed E-state index contributed by atoms with van der Waals surface area (Å²) >= 11 is 0. The van der Waals surface area contributed by atoms with Crippen molar-refractivity contribution in [3.8, 4) is 0 Å². The monoisotopic (exact) mass is 449 g/mol. The Bertz CT molecular complexity index is 1090. The van der Waals surface area contributed by atoms with Gasteiger partial charge in [-0.15, -0.1) is 0 Å². The number of piperidine rings is 1. The lowest BCUT2D eigenvalue weighted by Crippen LogP contribution is -2.52. The second-order valence-corrected chi connectivity index (χ2v) is 7.72. The molecule has 1 atom stereocenters. The quantitative estimate of drug-likeness (QED) is 0.525. The van der Waals surface area contributed by atoms with E-state index in [4.69, 9.17) is 0 Å². The highest BCUT2D eigenvalue weighted by Crippen LogP contribution is 2.32. The molecular formula is C22H19F4N3O3. The van der Waals surface area contributed by atoms with E-state index in [-0.39, 0.29) is 54.7 Å². The van der Waals surface area contributed by atoms with Gasteiger partial charge in [-0.2, -0.15) is 0 Å². The third-order valence-electron chi connectivity index (χ3n) is 5.68. The molecule has 2 aliphatic heterocycles. The smallest absolute Gasteiger partial charge is 0.263 e. The summed E-state index contributed by atoms with van der Waals surface area (Å²) in [4.78, 5) is 37.3. The molecule has 2 aromatic rings. The first-order valence-electron chi connectivity index (χ1n) is 9.98. The molecule has 2 aromatic carbocycles. The molecule has 32 heavy (non-hydrogen) atoms. The molecule has 1 fully saturated rings. The van der Waals surface area contributed by atoms with Gasteiger partial charge >= 0.3 is 0 Å². The van der Waals surface area contributed by atoms with Gasteiger partial charge in [-0.05, 0) is 18.1 Å². The second-order valence-electron chi connectivity index (χ2n) is 7.72. The molecule has 168 valence electrons. The van der Waals surface area contributed by atoms with Gasteiger partial charge in [-0.1, -0.05) is 24.3 Å². The zero-order valence-electron chi connectivity index (χ0n) is 16.8. The van der Waals surface area contributed by atoms with Crippen LogP contribution in [0.2, 0.25) is 0 Å². The van der Waals surface area contributed by atoms with Crippen LogP contribution in [0.15, 0.2) is 30.3 Å². The summed E-state index contributed by atoms with van der Waals surface area (Å²) in [6.45, 7) is -0.191. The summed E-state index contributed by atoms with van der Waals surface area (Å²) in [6, 6.07) is 5.61. The molecule has 0 bridgehead atoms. The van der Waals surface area contributed by atoms with Crippen LogP contribution in [0.4, 0.5) is 17.6 Å². The highest BCUT2D eigenvalue weighted by molar-refractivity contribution is 6.05. The van der Waals surface area contributed by atoms with E-state index in [2.05, 4.69) is 10.6 Å². The van der Waals surface area contributed by atoms with Crippen molar-refractivity contribution in [2.75, 3.05) is 0 Å². The highest BCUT2D eigenvalue weighted by atomic mass is 19.3. The van der Waals surface area contributed by atoms with Crippen molar-refractivity contribution in [2.24, 2.45) is 0 Å². The van der Waals surface area contributed by atoms with Crippen molar-refractivity contribution >= 4 is 17.7 Å². The van der Waals surface area contributed by atoms with Gasteiger partial charge in [0.2, 0.25) is 11.8 Å². The minimum absolute atomic E-state index is 0.000753. The van der Waals surface area contributed by atoms with Crippen molar-refractivity contribution in [1.29, 1.82) is 0 Å². The van der Waals surface area contributed by atoms with E-state index in [0.717, 1.165) is 11.0 Å². The minimum atomic E-state index is -2.57. The average molecular weight is 449 g/mol. The number of carbonyl (C=O) groups is 3. The fourth-order valence-electron chi connectivity index (χ4n) is 3.95. The molecule has 0 spiro atoms. The predicted octanol–water partition coefficient (Wildman–Crippen LogP) is 2.95. The van der Waals surface area contributed by atoms with Crippen molar-refractivity contribution in [2.45, 2.75) is 44.9 Å². The molecule has 1 saturated heterocycles. The first-order chi connectivity index (χ1) is 15.3. The molecule has 3 amide bonds. The SMILES string of the molecule is O=C1CCC(N2Cc3c(cc(F)c(CNCc4ccc(C(F)F)cc4)c3F)C2=O)C(=O)N1. The van der Waals surface area contributed by atoms with Gasteiger partial charge in [0.1, 0.15) is 17.7 Å². The van der Waals surface area contributed by atoms with Gasteiger partial charge in [0, 0.05) is 36.2 Å². The Morgan fingerprint density at radius 1 is 1.09 bits per heavy atom. The zero-order valence-corrected chi connectivity index (χ0v) is 16.8. The Morgan fingerprint density at radius 3 is 2.47 bits per heavy atom. The molecule has 2 N–H and O–H groups in total. The van der Waals surface area contributed by atoms with Gasteiger partial charge in [0.25, 0.3) is 12.3 Å². The number of nitrogens with one attached hydrogen (secondary N) is 2. The molecule has 4 rings (SSSR count). The fourth-order valence-corrected chi connectivity index (χ4v) is 3.95. The highest BCUT2D eigenvalue weighted by Gasteiger charge is 2.41. The van der Waals surface area contributed by atoms with E-state index < -0.39 is 41.8 Å². The summed E-state index contributed by atoms with van der Waals surface area (Å²) in [7, 11) is 0. The van der Waals surface area contributed by atoms with Gasteiger partial charge in [0.15, 0.2) is 0 Å². The Balaban J connectivity index is 1.47. The summed E-state index contributed by atoms with van der Waals surface area (Å²) in [6.07, 6.45) is -2.40. The third kappa shape index (κ3) is 4.10. The normalized spacial score (nSPS) is 18.3.